The van der Waals surface area contributed by atoms with Crippen LogP contribution >= 0.6 is 0 Å². The number of aromatic nitrogens is 2. The van der Waals surface area contributed by atoms with E-state index in [1.807, 2.05) is 0 Å². The van der Waals surface area contributed by atoms with Crippen molar-refractivity contribution in [1.29, 1.82) is 0 Å². The molecule has 2 atom stereocenters. The van der Waals surface area contributed by atoms with E-state index in [1.54, 1.807) is 19.5 Å². The molecule has 100 valence electrons. The molecule has 1 heterocycles. The zero-order valence-corrected chi connectivity index (χ0v) is 11.0. The number of hydrogen-bond donors (Lipinski definition) is 2. The number of hydrogen-bond acceptors (Lipinski definition) is 5. The van der Waals surface area contributed by atoms with Crippen molar-refractivity contribution >= 4 is 5.95 Å². The van der Waals surface area contributed by atoms with E-state index >= 15 is 0 Å². The first-order valence-corrected chi connectivity index (χ1v) is 6.44. The van der Waals surface area contributed by atoms with Crippen molar-refractivity contribution in [1.82, 2.24) is 9.97 Å². The second kappa shape index (κ2) is 5.52. The van der Waals surface area contributed by atoms with Gasteiger partial charge in [0.2, 0.25) is 5.95 Å². The molecular weight excluding hydrogens is 230 g/mol. The molecule has 1 aromatic heterocycles. The Morgan fingerprint density at radius 2 is 2.22 bits per heavy atom. The van der Waals surface area contributed by atoms with Gasteiger partial charge in [-0.2, -0.15) is 0 Å². The third kappa shape index (κ3) is 3.32. The summed E-state index contributed by atoms with van der Waals surface area (Å²) in [5.74, 6) is 1.75. The van der Waals surface area contributed by atoms with Crippen molar-refractivity contribution in [3.05, 3.63) is 12.4 Å². The van der Waals surface area contributed by atoms with Crippen molar-refractivity contribution < 1.29 is 9.84 Å². The number of aliphatic hydroxyl groups is 1. The van der Waals surface area contributed by atoms with Crippen LogP contribution in [0.3, 0.4) is 0 Å². The average Bonchev–Trinajstić information content (AvgIpc) is 2.37. The van der Waals surface area contributed by atoms with Gasteiger partial charge in [0.15, 0.2) is 5.75 Å². The van der Waals surface area contributed by atoms with Gasteiger partial charge < -0.3 is 15.2 Å². The van der Waals surface area contributed by atoms with E-state index in [4.69, 9.17) is 4.74 Å². The van der Waals surface area contributed by atoms with Crippen molar-refractivity contribution in [3.8, 4) is 5.75 Å². The first-order valence-electron chi connectivity index (χ1n) is 6.44. The fourth-order valence-electron chi connectivity index (χ4n) is 2.55. The lowest BCUT2D eigenvalue weighted by atomic mass is 9.79. The summed E-state index contributed by atoms with van der Waals surface area (Å²) in [5.41, 5.74) is -0.624. The molecule has 1 aliphatic rings. The number of nitrogens with zero attached hydrogens (tertiary/aromatic N) is 2. The third-order valence-corrected chi connectivity index (χ3v) is 3.51. The molecule has 5 nitrogen and oxygen atoms in total. The molecule has 0 aromatic carbocycles. The van der Waals surface area contributed by atoms with Crippen molar-refractivity contribution in [2.45, 2.75) is 38.2 Å². The van der Waals surface area contributed by atoms with Crippen molar-refractivity contribution in [2.75, 3.05) is 19.0 Å². The Bertz CT molecular complexity index is 382. The van der Waals surface area contributed by atoms with Gasteiger partial charge in [0.25, 0.3) is 0 Å². The number of nitrogens with one attached hydrogen (secondary N) is 1. The van der Waals surface area contributed by atoms with Gasteiger partial charge in [-0.05, 0) is 18.8 Å². The molecule has 2 N–H and O–H groups in total. The molecular formula is C13H21N3O2. The van der Waals surface area contributed by atoms with Crippen LogP contribution in [0.2, 0.25) is 0 Å². The van der Waals surface area contributed by atoms with Crippen LogP contribution in [0.1, 0.15) is 32.6 Å². The van der Waals surface area contributed by atoms with Crippen LogP contribution in [-0.4, -0.2) is 34.3 Å². The highest BCUT2D eigenvalue weighted by Gasteiger charge is 2.32. The summed E-state index contributed by atoms with van der Waals surface area (Å²) in [5, 5.41) is 13.6. The van der Waals surface area contributed by atoms with E-state index in [1.165, 1.54) is 6.42 Å². The van der Waals surface area contributed by atoms with Crippen LogP contribution in [0.25, 0.3) is 0 Å². The van der Waals surface area contributed by atoms with Crippen LogP contribution in [0, 0.1) is 5.92 Å². The van der Waals surface area contributed by atoms with Crippen molar-refractivity contribution in [3.63, 3.8) is 0 Å². The van der Waals surface area contributed by atoms with E-state index in [0.29, 0.717) is 24.2 Å². The highest BCUT2D eigenvalue weighted by Crippen LogP contribution is 2.32. The number of methoxy groups -OCH3 is 1. The Morgan fingerprint density at radius 1 is 1.50 bits per heavy atom. The molecule has 1 aromatic rings. The van der Waals surface area contributed by atoms with Crippen LogP contribution in [0.5, 0.6) is 5.75 Å². The van der Waals surface area contributed by atoms with Gasteiger partial charge in [0.1, 0.15) is 0 Å². The van der Waals surface area contributed by atoms with Gasteiger partial charge in [-0.1, -0.05) is 19.8 Å². The second-order valence-electron chi connectivity index (χ2n) is 5.23. The maximum Gasteiger partial charge on any atom is 0.222 e. The zero-order valence-electron chi connectivity index (χ0n) is 11.0. The van der Waals surface area contributed by atoms with Crippen molar-refractivity contribution in [2.24, 2.45) is 5.92 Å². The van der Waals surface area contributed by atoms with Crippen LogP contribution in [-0.2, 0) is 0 Å². The summed E-state index contributed by atoms with van der Waals surface area (Å²) in [6.07, 6.45) is 7.21. The zero-order chi connectivity index (χ0) is 13.0. The minimum Gasteiger partial charge on any atom is -0.494 e. The predicted octanol–water partition coefficient (Wildman–Crippen LogP) is 1.84. The van der Waals surface area contributed by atoms with Gasteiger partial charge >= 0.3 is 0 Å². The molecule has 2 unspecified atom stereocenters. The highest BCUT2D eigenvalue weighted by atomic mass is 16.5. The summed E-state index contributed by atoms with van der Waals surface area (Å²) < 4.78 is 5.00. The van der Waals surface area contributed by atoms with E-state index in [-0.39, 0.29) is 0 Å². The lowest BCUT2D eigenvalue weighted by Gasteiger charge is -2.35. The largest absolute Gasteiger partial charge is 0.494 e. The fraction of sp³-hybridized carbons (Fsp3) is 0.692. The molecule has 1 saturated carbocycles. The standard InChI is InChI=1S/C13H21N3O2/c1-10-4-3-5-13(17,6-10)9-16-12-14-7-11(18-2)8-15-12/h7-8,10,17H,3-6,9H2,1-2H3,(H,14,15,16). The molecule has 0 amide bonds. The fourth-order valence-corrected chi connectivity index (χ4v) is 2.55. The van der Waals surface area contributed by atoms with Gasteiger partial charge in [-0.3, -0.25) is 0 Å². The van der Waals surface area contributed by atoms with Gasteiger partial charge in [-0.25, -0.2) is 9.97 Å². The van der Waals surface area contributed by atoms with Gasteiger partial charge in [0.05, 0.1) is 25.1 Å². The average molecular weight is 251 g/mol. The SMILES string of the molecule is COc1cnc(NCC2(O)CCCC(C)C2)nc1. The minimum atomic E-state index is -0.624. The van der Waals surface area contributed by atoms with Crippen LogP contribution in [0.15, 0.2) is 12.4 Å². The lowest BCUT2D eigenvalue weighted by Crippen LogP contribution is -2.41. The Hall–Kier alpha value is -1.36. The Labute approximate surface area is 108 Å². The molecule has 2 rings (SSSR count). The molecule has 0 aliphatic heterocycles. The summed E-state index contributed by atoms with van der Waals surface area (Å²) >= 11 is 0. The number of anilines is 1. The summed E-state index contributed by atoms with van der Waals surface area (Å²) in [6, 6.07) is 0. The Kier molecular flexibility index (Phi) is 4.01. The number of rotatable bonds is 4. The third-order valence-electron chi connectivity index (χ3n) is 3.51. The van der Waals surface area contributed by atoms with Crippen LogP contribution in [0.4, 0.5) is 5.95 Å². The molecule has 0 spiro atoms. The predicted molar refractivity (Wildman–Crippen MR) is 69.7 cm³/mol. The second-order valence-corrected chi connectivity index (χ2v) is 5.23. The normalized spacial score (nSPS) is 27.8. The molecule has 0 radical (unpaired) electrons. The molecule has 1 aliphatic carbocycles. The highest BCUT2D eigenvalue weighted by molar-refractivity contribution is 5.27. The number of ether oxygens (including phenoxy) is 1. The van der Waals surface area contributed by atoms with Crippen LogP contribution < -0.4 is 10.1 Å². The quantitative estimate of drug-likeness (QED) is 0.854. The summed E-state index contributed by atoms with van der Waals surface area (Å²) in [7, 11) is 1.58. The van der Waals surface area contributed by atoms with E-state index in [2.05, 4.69) is 22.2 Å². The van der Waals surface area contributed by atoms with Gasteiger partial charge in [-0.15, -0.1) is 0 Å². The summed E-state index contributed by atoms with van der Waals surface area (Å²) in [6.45, 7) is 2.69. The summed E-state index contributed by atoms with van der Waals surface area (Å²) in [4.78, 5) is 8.25. The lowest BCUT2D eigenvalue weighted by molar-refractivity contribution is -0.000896. The Morgan fingerprint density at radius 3 is 2.83 bits per heavy atom. The minimum absolute atomic E-state index is 0.504. The van der Waals surface area contributed by atoms with E-state index in [9.17, 15) is 5.11 Å². The van der Waals surface area contributed by atoms with Gasteiger partial charge in [0, 0.05) is 6.54 Å². The molecule has 1 fully saturated rings. The molecule has 0 saturated heterocycles. The maximum absolute atomic E-state index is 10.5. The topological polar surface area (TPSA) is 67.3 Å². The first kappa shape index (κ1) is 13.1. The smallest absolute Gasteiger partial charge is 0.222 e. The molecule has 0 bridgehead atoms. The van der Waals surface area contributed by atoms with E-state index < -0.39 is 5.60 Å². The first-order chi connectivity index (χ1) is 8.61. The van der Waals surface area contributed by atoms with E-state index in [0.717, 1.165) is 19.3 Å². The molecule has 18 heavy (non-hydrogen) atoms. The monoisotopic (exact) mass is 251 g/mol. The molecule has 5 heteroatoms. The Balaban J connectivity index is 1.89. The maximum atomic E-state index is 10.5.